The second-order valence-corrected chi connectivity index (χ2v) is 11.7. The van der Waals surface area contributed by atoms with Crippen molar-refractivity contribution in [1.29, 1.82) is 0 Å². The molecule has 0 unspecified atom stereocenters. The van der Waals surface area contributed by atoms with Crippen LogP contribution in [0.5, 0.6) is 0 Å². The number of anilines is 1. The maximum Gasteiger partial charge on any atom is 0.243 e. The summed E-state index contributed by atoms with van der Waals surface area (Å²) < 4.78 is 57.8. The molecule has 0 saturated carbocycles. The molecule has 30 heavy (non-hydrogen) atoms. The van der Waals surface area contributed by atoms with Gasteiger partial charge in [0.1, 0.15) is 6.54 Å². The standard InChI is InChI=1S/C19H29N3O6S2/c1-16-7-9-20(10-8-16)19(23)15-22(29(2,24)25)17-3-5-18(6-4-17)30(26,27)21-11-13-28-14-12-21/h3-6,16H,7-15H2,1-2H3. The van der Waals surface area contributed by atoms with E-state index in [2.05, 4.69) is 6.92 Å². The lowest BCUT2D eigenvalue weighted by atomic mass is 9.99. The Morgan fingerprint density at radius 1 is 1.03 bits per heavy atom. The summed E-state index contributed by atoms with van der Waals surface area (Å²) in [5.41, 5.74) is 0.261. The first kappa shape index (κ1) is 23.0. The van der Waals surface area contributed by atoms with Gasteiger partial charge in [0.05, 0.1) is 30.1 Å². The van der Waals surface area contributed by atoms with Gasteiger partial charge in [0, 0.05) is 26.2 Å². The zero-order valence-corrected chi connectivity index (χ0v) is 19.0. The molecule has 9 nitrogen and oxygen atoms in total. The van der Waals surface area contributed by atoms with Crippen LogP contribution in [0.25, 0.3) is 0 Å². The van der Waals surface area contributed by atoms with E-state index in [-0.39, 0.29) is 36.1 Å². The van der Waals surface area contributed by atoms with Crippen LogP contribution in [0, 0.1) is 5.92 Å². The predicted molar refractivity (Wildman–Crippen MR) is 113 cm³/mol. The quantitative estimate of drug-likeness (QED) is 0.621. The molecule has 3 rings (SSSR count). The van der Waals surface area contributed by atoms with E-state index >= 15 is 0 Å². The summed E-state index contributed by atoms with van der Waals surface area (Å²) in [5.74, 6) is 0.304. The van der Waals surface area contributed by atoms with Crippen LogP contribution in [-0.4, -0.2) is 84.1 Å². The van der Waals surface area contributed by atoms with Crippen molar-refractivity contribution in [2.45, 2.75) is 24.7 Å². The Morgan fingerprint density at radius 3 is 2.13 bits per heavy atom. The smallest absolute Gasteiger partial charge is 0.243 e. The van der Waals surface area contributed by atoms with Gasteiger partial charge in [-0.2, -0.15) is 4.31 Å². The van der Waals surface area contributed by atoms with Gasteiger partial charge in [0.2, 0.25) is 26.0 Å². The largest absolute Gasteiger partial charge is 0.379 e. The van der Waals surface area contributed by atoms with Crippen molar-refractivity contribution in [3.8, 4) is 0 Å². The summed E-state index contributed by atoms with van der Waals surface area (Å²) in [4.78, 5) is 14.4. The first-order chi connectivity index (χ1) is 14.1. The third kappa shape index (κ3) is 5.32. The average Bonchev–Trinajstić information content (AvgIpc) is 2.72. The second-order valence-electron chi connectivity index (χ2n) is 7.84. The van der Waals surface area contributed by atoms with E-state index in [0.29, 0.717) is 32.2 Å². The number of likely N-dealkylation sites (tertiary alicyclic amines) is 1. The third-order valence-electron chi connectivity index (χ3n) is 5.55. The molecule has 168 valence electrons. The van der Waals surface area contributed by atoms with Gasteiger partial charge in [-0.1, -0.05) is 6.92 Å². The molecule has 0 N–H and O–H groups in total. The fourth-order valence-corrected chi connectivity index (χ4v) is 5.86. The molecule has 2 heterocycles. The SMILES string of the molecule is CC1CCN(C(=O)CN(c2ccc(S(=O)(=O)N3CCOCC3)cc2)S(C)(=O)=O)CC1. The Morgan fingerprint density at radius 2 is 1.60 bits per heavy atom. The Hall–Kier alpha value is -1.69. The lowest BCUT2D eigenvalue weighted by molar-refractivity contribution is -0.130. The molecule has 1 aromatic carbocycles. The van der Waals surface area contributed by atoms with E-state index in [1.807, 2.05) is 0 Å². The van der Waals surface area contributed by atoms with Crippen LogP contribution in [0.1, 0.15) is 19.8 Å². The molecule has 2 aliphatic rings. The number of carbonyl (C=O) groups is 1. The normalized spacial score (nSPS) is 19.6. The van der Waals surface area contributed by atoms with Gasteiger partial charge in [0.15, 0.2) is 0 Å². The number of ether oxygens (including phenoxy) is 1. The number of benzene rings is 1. The summed E-state index contributed by atoms with van der Waals surface area (Å²) in [7, 11) is -7.40. The highest BCUT2D eigenvalue weighted by Crippen LogP contribution is 2.24. The number of rotatable bonds is 6. The summed E-state index contributed by atoms with van der Waals surface area (Å²) in [6, 6.07) is 5.62. The topological polar surface area (TPSA) is 104 Å². The van der Waals surface area contributed by atoms with Crippen LogP contribution in [0.2, 0.25) is 0 Å². The van der Waals surface area contributed by atoms with Crippen molar-refractivity contribution in [3.05, 3.63) is 24.3 Å². The number of sulfonamides is 2. The Bertz CT molecular complexity index is 948. The molecule has 0 bridgehead atoms. The van der Waals surface area contributed by atoms with Crippen molar-refractivity contribution in [2.75, 3.05) is 56.5 Å². The lowest BCUT2D eigenvalue weighted by Gasteiger charge is -2.32. The van der Waals surface area contributed by atoms with E-state index in [1.165, 1.54) is 28.6 Å². The second kappa shape index (κ2) is 9.21. The first-order valence-electron chi connectivity index (χ1n) is 10.0. The van der Waals surface area contributed by atoms with Gasteiger partial charge in [-0.05, 0) is 43.0 Å². The van der Waals surface area contributed by atoms with Crippen LogP contribution in [0.4, 0.5) is 5.69 Å². The highest BCUT2D eigenvalue weighted by molar-refractivity contribution is 7.92. The molecule has 0 aromatic heterocycles. The number of carbonyl (C=O) groups excluding carboxylic acids is 1. The summed E-state index contributed by atoms with van der Waals surface area (Å²) in [6.07, 6.45) is 2.84. The summed E-state index contributed by atoms with van der Waals surface area (Å²) in [6.45, 7) is 4.32. The first-order valence-corrected chi connectivity index (χ1v) is 13.3. The Labute approximate surface area is 178 Å². The number of piperidine rings is 1. The van der Waals surface area contributed by atoms with Crippen LogP contribution in [-0.2, 0) is 29.6 Å². The highest BCUT2D eigenvalue weighted by Gasteiger charge is 2.29. The van der Waals surface area contributed by atoms with Crippen LogP contribution in [0.15, 0.2) is 29.2 Å². The van der Waals surface area contributed by atoms with Crippen molar-refractivity contribution in [3.63, 3.8) is 0 Å². The number of amides is 1. The van der Waals surface area contributed by atoms with Crippen LogP contribution < -0.4 is 4.31 Å². The molecule has 1 aromatic rings. The van der Waals surface area contributed by atoms with Crippen molar-refractivity contribution >= 4 is 31.6 Å². The van der Waals surface area contributed by atoms with Gasteiger partial charge in [-0.3, -0.25) is 9.10 Å². The molecule has 2 fully saturated rings. The fourth-order valence-electron chi connectivity index (χ4n) is 3.60. The monoisotopic (exact) mass is 459 g/mol. The molecule has 2 aliphatic heterocycles. The fraction of sp³-hybridized carbons (Fsp3) is 0.632. The van der Waals surface area contributed by atoms with E-state index in [1.54, 1.807) is 4.90 Å². The molecule has 1 amide bonds. The maximum atomic E-state index is 12.8. The van der Waals surface area contributed by atoms with Crippen LogP contribution >= 0.6 is 0 Å². The van der Waals surface area contributed by atoms with E-state index in [0.717, 1.165) is 23.4 Å². The predicted octanol–water partition coefficient (Wildman–Crippen LogP) is 0.732. The summed E-state index contributed by atoms with van der Waals surface area (Å²) >= 11 is 0. The van der Waals surface area contributed by atoms with Gasteiger partial charge in [-0.25, -0.2) is 16.8 Å². The molecule has 0 radical (unpaired) electrons. The van der Waals surface area contributed by atoms with Gasteiger partial charge < -0.3 is 9.64 Å². The minimum Gasteiger partial charge on any atom is -0.379 e. The highest BCUT2D eigenvalue weighted by atomic mass is 32.2. The van der Waals surface area contributed by atoms with E-state index < -0.39 is 20.0 Å². The molecule has 0 spiro atoms. The average molecular weight is 460 g/mol. The maximum absolute atomic E-state index is 12.8. The zero-order valence-electron chi connectivity index (χ0n) is 17.4. The summed E-state index contributed by atoms with van der Waals surface area (Å²) in [5, 5.41) is 0. The van der Waals surface area contributed by atoms with Gasteiger partial charge in [0.25, 0.3) is 0 Å². The number of hydrogen-bond acceptors (Lipinski definition) is 6. The number of hydrogen-bond donors (Lipinski definition) is 0. The Kier molecular flexibility index (Phi) is 7.05. The van der Waals surface area contributed by atoms with Gasteiger partial charge in [-0.15, -0.1) is 0 Å². The lowest BCUT2D eigenvalue weighted by Crippen LogP contribution is -2.45. The minimum atomic E-state index is -3.72. The van der Waals surface area contributed by atoms with Crippen LogP contribution in [0.3, 0.4) is 0 Å². The van der Waals surface area contributed by atoms with Crippen molar-refractivity contribution in [1.82, 2.24) is 9.21 Å². The molecule has 0 aliphatic carbocycles. The molecule has 11 heteroatoms. The van der Waals surface area contributed by atoms with Crippen molar-refractivity contribution in [2.24, 2.45) is 5.92 Å². The number of morpholine rings is 1. The Balaban J connectivity index is 1.77. The molecule has 0 atom stereocenters. The van der Waals surface area contributed by atoms with Crippen molar-refractivity contribution < 1.29 is 26.4 Å². The minimum absolute atomic E-state index is 0.0814. The van der Waals surface area contributed by atoms with E-state index in [9.17, 15) is 21.6 Å². The number of nitrogens with zero attached hydrogens (tertiary/aromatic N) is 3. The molecule has 2 saturated heterocycles. The zero-order chi connectivity index (χ0) is 21.9. The molecular formula is C19H29N3O6S2. The van der Waals surface area contributed by atoms with E-state index in [4.69, 9.17) is 4.74 Å². The molecular weight excluding hydrogens is 430 g/mol. The van der Waals surface area contributed by atoms with Gasteiger partial charge >= 0.3 is 0 Å². The third-order valence-corrected chi connectivity index (χ3v) is 8.60.